The first-order valence-corrected chi connectivity index (χ1v) is 47.6. The third-order valence-electron chi connectivity index (χ3n) is 24.7. The summed E-state index contributed by atoms with van der Waals surface area (Å²) in [5.74, 6) is 3.04. The third kappa shape index (κ3) is 25.4. The number of pyridine rings is 5. The van der Waals surface area contributed by atoms with Crippen LogP contribution in [-0.4, -0.2) is 170 Å². The minimum Gasteiger partial charge on any atom is -0.469 e. The van der Waals surface area contributed by atoms with Gasteiger partial charge in [-0.3, -0.25) is 19.9 Å². The number of fused-ring (bicyclic) bond motifs is 12. The molecule has 5 N–H and O–H groups in total. The molecular weight excluding hydrogens is 1710 g/mol. The molecule has 0 spiro atoms. The first-order valence-electron chi connectivity index (χ1n) is 46.8. The van der Waals surface area contributed by atoms with Gasteiger partial charge in [0.2, 0.25) is 0 Å². The second-order valence-electron chi connectivity index (χ2n) is 35.1. The van der Waals surface area contributed by atoms with Crippen molar-refractivity contribution in [2.75, 3.05) is 88.1 Å². The Balaban J connectivity index is 0.000000118. The topological polar surface area (TPSA) is 259 Å². The van der Waals surface area contributed by atoms with Gasteiger partial charge in [0.15, 0.2) is 12.0 Å². The van der Waals surface area contributed by atoms with Crippen molar-refractivity contribution in [1.82, 2.24) is 78.9 Å². The molecule has 20 heterocycles. The summed E-state index contributed by atoms with van der Waals surface area (Å²) in [5, 5.41) is 25.2. The van der Waals surface area contributed by atoms with Gasteiger partial charge in [0.05, 0.1) is 153 Å². The number of allylic oxidation sites excluding steroid dienone is 5. The van der Waals surface area contributed by atoms with Gasteiger partial charge in [0.25, 0.3) is 0 Å². The van der Waals surface area contributed by atoms with Crippen LogP contribution in [0.3, 0.4) is 0 Å². The predicted octanol–water partition coefficient (Wildman–Crippen LogP) is 20.3. The SMILES string of the molecule is CC1=CN2C=CC=CC2N1C.CC1=NC2=C(CCCC2)C1.CC1Cc2ncccc2N1C.CC1Cc2ncncc2N1.CC1Nc2ccccc2N1C.CC1Nc2cccnc2N1C.CC1Nc2cnccc2N1C.CC1Oc2ccccc2N1C.Cc1cc2ccccn2n1.Cc1cc2ccccn2n1.Cc1cnc2ccccc2n1.Cc1nc2c([nH]1)=CCC=2.Cc1nc2ccccc2s1. The normalized spacial score (nSPS) is 18.4. The second-order valence-corrected chi connectivity index (χ2v) is 36.3. The van der Waals surface area contributed by atoms with E-state index in [-0.39, 0.29) is 6.23 Å². The summed E-state index contributed by atoms with van der Waals surface area (Å²) in [4.78, 5) is 60.8. The van der Waals surface area contributed by atoms with Crippen molar-refractivity contribution in [3.63, 3.8) is 0 Å². The van der Waals surface area contributed by atoms with E-state index in [0.717, 1.165) is 114 Å². The number of H-pyrrole nitrogens is 1. The first kappa shape index (κ1) is 97.2. The number of thiazole rings is 1. The van der Waals surface area contributed by atoms with E-state index in [1.165, 1.54) is 93.4 Å². The summed E-state index contributed by atoms with van der Waals surface area (Å²) in [5.41, 5.74) is 26.1. The van der Waals surface area contributed by atoms with Crippen LogP contribution in [0.5, 0.6) is 5.75 Å². The maximum absolute atomic E-state index is 5.54. The number of nitrogens with one attached hydrogen (secondary N) is 5. The Bertz CT molecular complexity index is 6150. The number of para-hydroxylation sites is 7. The number of ether oxygens (including phenoxy) is 1. The lowest BCUT2D eigenvalue weighted by molar-refractivity contribution is 0.251. The molecule has 704 valence electrons. The molecule has 0 bridgehead atoms. The molecule has 7 atom stereocenters. The highest BCUT2D eigenvalue weighted by Crippen LogP contribution is 2.38. The number of aromatic nitrogens is 14. The van der Waals surface area contributed by atoms with Crippen molar-refractivity contribution in [2.45, 2.75) is 184 Å². The molecule has 11 aliphatic rings. The fourth-order valence-corrected chi connectivity index (χ4v) is 17.6. The van der Waals surface area contributed by atoms with E-state index in [1.807, 2.05) is 229 Å². The van der Waals surface area contributed by atoms with Crippen molar-refractivity contribution in [3.05, 3.63) is 329 Å². The monoisotopic (exact) mass is 1840 g/mol. The molecule has 28 heteroatoms. The number of rotatable bonds is 0. The number of hydrogen-bond donors (Lipinski definition) is 5. The molecule has 0 fully saturated rings. The van der Waals surface area contributed by atoms with Crippen LogP contribution in [0, 0.1) is 34.6 Å². The van der Waals surface area contributed by atoms with Crippen LogP contribution in [0.4, 0.5) is 51.3 Å². The van der Waals surface area contributed by atoms with Crippen LogP contribution in [-0.2, 0) is 12.8 Å². The summed E-state index contributed by atoms with van der Waals surface area (Å²) in [7, 11) is 12.5. The zero-order valence-electron chi connectivity index (χ0n) is 81.9. The molecule has 0 saturated carbocycles. The Morgan fingerprint density at radius 3 is 1.77 bits per heavy atom. The van der Waals surface area contributed by atoms with E-state index in [1.54, 1.807) is 29.4 Å². The Morgan fingerprint density at radius 1 is 0.471 bits per heavy atom. The van der Waals surface area contributed by atoms with Crippen LogP contribution >= 0.6 is 11.3 Å². The van der Waals surface area contributed by atoms with Gasteiger partial charge in [0.1, 0.15) is 24.1 Å². The number of benzene rings is 4. The smallest absolute Gasteiger partial charge is 0.169 e. The number of anilines is 9. The highest BCUT2D eigenvalue weighted by atomic mass is 32.1. The van der Waals surface area contributed by atoms with Crippen LogP contribution in [0.1, 0.15) is 133 Å². The lowest BCUT2D eigenvalue weighted by Gasteiger charge is -2.27. The van der Waals surface area contributed by atoms with Gasteiger partial charge in [-0.2, -0.15) is 10.2 Å². The Labute approximate surface area is 804 Å². The molecule has 4 aromatic carbocycles. The first-order chi connectivity index (χ1) is 65.7. The highest BCUT2D eigenvalue weighted by Gasteiger charge is 2.28. The molecule has 7 unspecified atom stereocenters. The standard InChI is InChI=1S/3C9H12N2.C9H8N2.C9H11NO.C9H13N.2C8H11N3.2C8H8N2.C8H7NS.C7H9N3.C7H8N2/c1-7-6-8-9(11(7)2)4-3-5-10-8;1-8-7-11-6-4-3-5-9(11)10(8)2;1-7-10-8-5-3-4-6-9(8)11(7)2;1-7-6-10-8-4-2-3-5-9(8)11-7;1-7-10(2)8-5-3-4-6-9(8)11-7;1-7-6-8-4-2-3-5-9(8)10-7;1-6-10-7-5-9-4-3-8(7)11(6)2;1-6-10-7-4-3-5-9-8(7)11(6)2;2*1-7-6-8-4-2-3-5-10(8)9-7;1-6-9-7-4-2-3-5-8(7)10-6;1-5-2-6-7(10-5)3-8-4-9-6;1-5-8-6-3-2-4-7(6)9-5/h3-5,7H,6H2,1-2H3;3-7,9H,1-2H3;3-7,10H,1-2H3;2-6H,1H3;3-7H,1-2H3;2-6H2,1H3;2*3-6,10H,1-2H3;2*2-6H,1H3;2-5H,1H3;3-5,10H,2H2,1H3;3-4H,2H2,1H3,(H,8,9). The molecule has 27 nitrogen and oxygen atoms in total. The Morgan fingerprint density at radius 2 is 1.10 bits per heavy atom. The minimum absolute atomic E-state index is 0.174. The van der Waals surface area contributed by atoms with E-state index < -0.39 is 0 Å². The zero-order chi connectivity index (χ0) is 95.9. The molecule has 0 amide bonds. The van der Waals surface area contributed by atoms with Crippen molar-refractivity contribution >= 4 is 113 Å². The number of likely N-dealkylation sites (N-methyl/N-ethyl adjacent to an activating group) is 2. The third-order valence-corrected chi connectivity index (χ3v) is 25.6. The van der Waals surface area contributed by atoms with Crippen molar-refractivity contribution in [3.8, 4) is 5.75 Å². The number of aromatic amines is 1. The van der Waals surface area contributed by atoms with Gasteiger partial charge < -0.3 is 65.3 Å². The molecule has 26 rings (SSSR count). The van der Waals surface area contributed by atoms with Crippen molar-refractivity contribution in [2.24, 2.45) is 4.99 Å². The van der Waals surface area contributed by atoms with E-state index in [4.69, 9.17) is 4.74 Å². The zero-order valence-corrected chi connectivity index (χ0v) is 82.7. The summed E-state index contributed by atoms with van der Waals surface area (Å²) in [6.45, 7) is 27.0. The molecule has 9 aliphatic heterocycles. The predicted molar refractivity (Wildman–Crippen MR) is 562 cm³/mol. The van der Waals surface area contributed by atoms with Gasteiger partial charge in [-0.1, -0.05) is 78.9 Å². The quantitative estimate of drug-likeness (QED) is 0.0945. The lowest BCUT2D eigenvalue weighted by Crippen LogP contribution is -2.33. The molecule has 2 aliphatic carbocycles. The van der Waals surface area contributed by atoms with E-state index >= 15 is 0 Å². The number of hydrogen-bond acceptors (Lipinski definition) is 25. The second kappa shape index (κ2) is 46.2. The molecule has 136 heavy (non-hydrogen) atoms. The number of imidazole rings is 1. The van der Waals surface area contributed by atoms with Gasteiger partial charge in [-0.05, 0) is 255 Å². The van der Waals surface area contributed by atoms with Crippen LogP contribution in [0.2, 0.25) is 0 Å². The summed E-state index contributed by atoms with van der Waals surface area (Å²) in [6.07, 6.45) is 42.7. The molecule has 11 aromatic heterocycles. The molecule has 0 saturated heterocycles. The number of aryl methyl sites for hydroxylation is 5. The minimum atomic E-state index is 0.174. The van der Waals surface area contributed by atoms with Crippen molar-refractivity contribution in [1.29, 1.82) is 0 Å². The maximum atomic E-state index is 5.54. The fraction of sp³-hybridized carbons (Fsp3) is 0.315. The van der Waals surface area contributed by atoms with Crippen LogP contribution < -0.4 is 61.2 Å². The largest absolute Gasteiger partial charge is 0.469 e. The Hall–Kier alpha value is -14.8. The van der Waals surface area contributed by atoms with Gasteiger partial charge in [-0.25, -0.2) is 38.9 Å². The summed E-state index contributed by atoms with van der Waals surface area (Å²) < 4.78 is 10.6. The average Bonchev–Trinajstić information content (AvgIpc) is 1.67. The van der Waals surface area contributed by atoms with Gasteiger partial charge in [0, 0.05) is 140 Å². The van der Waals surface area contributed by atoms with Gasteiger partial charge >= 0.3 is 0 Å². The van der Waals surface area contributed by atoms with E-state index in [9.17, 15) is 0 Å². The number of nitrogens with zero attached hydrogens (tertiary/aromatic N) is 21. The summed E-state index contributed by atoms with van der Waals surface area (Å²) in [6, 6.07) is 59.9. The summed E-state index contributed by atoms with van der Waals surface area (Å²) >= 11 is 1.74. The lowest BCUT2D eigenvalue weighted by atomic mass is 9.96. The van der Waals surface area contributed by atoms with Crippen LogP contribution in [0.15, 0.2) is 284 Å². The van der Waals surface area contributed by atoms with Crippen LogP contribution in [0.25, 0.3) is 44.4 Å². The van der Waals surface area contributed by atoms with Crippen molar-refractivity contribution < 1.29 is 4.74 Å². The fourth-order valence-electron chi connectivity index (χ4n) is 16.8. The highest BCUT2D eigenvalue weighted by molar-refractivity contribution is 7.18. The van der Waals surface area contributed by atoms with Gasteiger partial charge in [-0.15, -0.1) is 11.3 Å². The van der Waals surface area contributed by atoms with E-state index in [0.29, 0.717) is 36.7 Å². The number of aliphatic imine (C=N–C) groups is 1. The molecular formula is C108H130N26OS. The van der Waals surface area contributed by atoms with E-state index in [2.05, 4.69) is 295 Å². The molecule has 15 aromatic rings. The molecule has 0 radical (unpaired) electrons. The maximum Gasteiger partial charge on any atom is 0.169 e. The Kier molecular flexibility index (Phi) is 33.1. The average molecular weight is 1840 g/mol.